The molecule has 0 amide bonds. The molecule has 0 aliphatic carbocycles. The summed E-state index contributed by atoms with van der Waals surface area (Å²) in [7, 11) is 0. The van der Waals surface area contributed by atoms with Crippen LogP contribution in [0.2, 0.25) is 5.02 Å². The van der Waals surface area contributed by atoms with E-state index in [1.165, 1.54) is 0 Å². The quantitative estimate of drug-likeness (QED) is 0.767. The van der Waals surface area contributed by atoms with Crippen LogP contribution in [0.1, 0.15) is 0 Å². The van der Waals surface area contributed by atoms with E-state index in [1.807, 2.05) is 42.5 Å². The number of nitrogens with zero attached hydrogens (tertiary/aromatic N) is 4. The lowest BCUT2D eigenvalue weighted by Gasteiger charge is -2.34. The largest absolute Gasteiger partial charge is 0.395 e. The summed E-state index contributed by atoms with van der Waals surface area (Å²) in [6, 6.07) is 15.9. The van der Waals surface area contributed by atoms with Crippen LogP contribution in [0.4, 0.5) is 5.95 Å². The lowest BCUT2D eigenvalue weighted by atomic mass is 10.1. The van der Waals surface area contributed by atoms with Crippen LogP contribution >= 0.6 is 11.6 Å². The van der Waals surface area contributed by atoms with Crippen molar-refractivity contribution in [3.05, 3.63) is 53.6 Å². The molecule has 2 aromatic carbocycles. The molecular weight excluding hydrogens is 348 g/mol. The van der Waals surface area contributed by atoms with Crippen LogP contribution in [0.25, 0.3) is 22.2 Å². The molecule has 26 heavy (non-hydrogen) atoms. The Labute approximate surface area is 157 Å². The molecule has 1 aliphatic rings. The van der Waals surface area contributed by atoms with E-state index in [2.05, 4.69) is 15.9 Å². The lowest BCUT2D eigenvalue weighted by Crippen LogP contribution is -2.47. The van der Waals surface area contributed by atoms with E-state index in [-0.39, 0.29) is 6.61 Å². The van der Waals surface area contributed by atoms with E-state index >= 15 is 0 Å². The molecule has 1 aliphatic heterocycles. The Kier molecular flexibility index (Phi) is 5.02. The highest BCUT2D eigenvalue weighted by Gasteiger charge is 2.20. The minimum Gasteiger partial charge on any atom is -0.395 e. The zero-order valence-electron chi connectivity index (χ0n) is 14.5. The van der Waals surface area contributed by atoms with Gasteiger partial charge in [0.15, 0.2) is 0 Å². The number of benzene rings is 2. The van der Waals surface area contributed by atoms with Crippen molar-refractivity contribution >= 4 is 28.5 Å². The number of β-amino-alcohol motifs (C(OH)–C–C–N with tert-alkyl or cyclic N) is 1. The number of hydrogen-bond acceptors (Lipinski definition) is 5. The van der Waals surface area contributed by atoms with Crippen molar-refractivity contribution in [2.24, 2.45) is 0 Å². The third-order valence-corrected chi connectivity index (χ3v) is 5.03. The van der Waals surface area contributed by atoms with Crippen molar-refractivity contribution < 1.29 is 5.11 Å². The second-order valence-electron chi connectivity index (χ2n) is 6.45. The topological polar surface area (TPSA) is 52.5 Å². The summed E-state index contributed by atoms with van der Waals surface area (Å²) in [6.07, 6.45) is 0. The van der Waals surface area contributed by atoms with Crippen LogP contribution in [0.5, 0.6) is 0 Å². The number of halogens is 1. The van der Waals surface area contributed by atoms with Crippen LogP contribution in [0.3, 0.4) is 0 Å². The van der Waals surface area contributed by atoms with E-state index in [9.17, 15) is 0 Å². The molecule has 4 rings (SSSR count). The molecule has 1 aromatic heterocycles. The first kappa shape index (κ1) is 17.2. The number of fused-ring (bicyclic) bond motifs is 1. The number of aliphatic hydroxyl groups excluding tert-OH is 1. The molecule has 1 saturated heterocycles. The second kappa shape index (κ2) is 7.58. The Hall–Kier alpha value is -2.21. The molecule has 134 valence electrons. The van der Waals surface area contributed by atoms with Crippen LogP contribution in [0.15, 0.2) is 48.5 Å². The predicted molar refractivity (Wildman–Crippen MR) is 106 cm³/mol. The SMILES string of the molecule is OCCN1CCN(c2nc(-c3ccc(Cl)cc3)c3ccccc3n2)CC1. The van der Waals surface area contributed by atoms with Gasteiger partial charge in [0, 0.05) is 48.7 Å². The van der Waals surface area contributed by atoms with Gasteiger partial charge in [0.2, 0.25) is 5.95 Å². The summed E-state index contributed by atoms with van der Waals surface area (Å²) >= 11 is 6.05. The molecule has 2 heterocycles. The maximum atomic E-state index is 9.11. The zero-order valence-corrected chi connectivity index (χ0v) is 15.2. The standard InChI is InChI=1S/C20H21ClN4O/c21-16-7-5-15(6-8-16)19-17-3-1-2-4-18(17)22-20(23-19)25-11-9-24(10-12-25)13-14-26/h1-8,26H,9-14H2. The van der Waals surface area contributed by atoms with Crippen LogP contribution in [-0.2, 0) is 0 Å². The normalized spacial score (nSPS) is 15.5. The molecular formula is C20H21ClN4O. The third kappa shape index (κ3) is 3.51. The third-order valence-electron chi connectivity index (χ3n) is 4.78. The smallest absolute Gasteiger partial charge is 0.226 e. The average Bonchev–Trinajstić information content (AvgIpc) is 2.69. The van der Waals surface area contributed by atoms with Gasteiger partial charge in [0.1, 0.15) is 0 Å². The van der Waals surface area contributed by atoms with Gasteiger partial charge in [-0.3, -0.25) is 4.90 Å². The number of piperazine rings is 1. The fraction of sp³-hybridized carbons (Fsp3) is 0.300. The monoisotopic (exact) mass is 368 g/mol. The molecule has 0 saturated carbocycles. The summed E-state index contributed by atoms with van der Waals surface area (Å²) in [5.41, 5.74) is 2.91. The Bertz CT molecular complexity index is 892. The van der Waals surface area contributed by atoms with E-state index in [0.29, 0.717) is 5.02 Å². The highest BCUT2D eigenvalue weighted by Crippen LogP contribution is 2.29. The van der Waals surface area contributed by atoms with Crippen LogP contribution < -0.4 is 4.90 Å². The number of hydrogen-bond donors (Lipinski definition) is 1. The highest BCUT2D eigenvalue weighted by atomic mass is 35.5. The Morgan fingerprint density at radius 3 is 2.38 bits per heavy atom. The fourth-order valence-corrected chi connectivity index (χ4v) is 3.47. The lowest BCUT2D eigenvalue weighted by molar-refractivity contribution is 0.188. The van der Waals surface area contributed by atoms with Crippen molar-refractivity contribution in [3.8, 4) is 11.3 Å². The van der Waals surface area contributed by atoms with Gasteiger partial charge in [-0.2, -0.15) is 0 Å². The molecule has 0 radical (unpaired) electrons. The van der Waals surface area contributed by atoms with Gasteiger partial charge in [-0.15, -0.1) is 0 Å². The first-order chi connectivity index (χ1) is 12.7. The number of para-hydroxylation sites is 1. The summed E-state index contributed by atoms with van der Waals surface area (Å²) in [5.74, 6) is 0.761. The highest BCUT2D eigenvalue weighted by molar-refractivity contribution is 6.30. The van der Waals surface area contributed by atoms with Crippen molar-refractivity contribution in [1.82, 2.24) is 14.9 Å². The van der Waals surface area contributed by atoms with Gasteiger partial charge in [-0.1, -0.05) is 41.9 Å². The Balaban J connectivity index is 1.71. The molecule has 5 nitrogen and oxygen atoms in total. The van der Waals surface area contributed by atoms with E-state index < -0.39 is 0 Å². The first-order valence-electron chi connectivity index (χ1n) is 8.85. The van der Waals surface area contributed by atoms with Gasteiger partial charge in [0.05, 0.1) is 17.8 Å². The number of rotatable bonds is 4. The van der Waals surface area contributed by atoms with Crippen LogP contribution in [-0.4, -0.2) is 59.3 Å². The molecule has 1 fully saturated rings. The predicted octanol–water partition coefficient (Wildman–Crippen LogP) is 3.06. The van der Waals surface area contributed by atoms with Gasteiger partial charge < -0.3 is 10.0 Å². The molecule has 0 atom stereocenters. The molecule has 0 spiro atoms. The van der Waals surface area contributed by atoms with Crippen molar-refractivity contribution in [3.63, 3.8) is 0 Å². The second-order valence-corrected chi connectivity index (χ2v) is 6.88. The van der Waals surface area contributed by atoms with E-state index in [0.717, 1.165) is 60.8 Å². The van der Waals surface area contributed by atoms with Gasteiger partial charge >= 0.3 is 0 Å². The van der Waals surface area contributed by atoms with Gasteiger partial charge in [-0.25, -0.2) is 9.97 Å². The van der Waals surface area contributed by atoms with Crippen LogP contribution in [0, 0.1) is 0 Å². The number of anilines is 1. The molecule has 0 bridgehead atoms. The summed E-state index contributed by atoms with van der Waals surface area (Å²) in [4.78, 5) is 14.2. The van der Waals surface area contributed by atoms with Crippen molar-refractivity contribution in [2.45, 2.75) is 0 Å². The van der Waals surface area contributed by atoms with Crippen molar-refractivity contribution in [2.75, 3.05) is 44.2 Å². The molecule has 0 unspecified atom stereocenters. The zero-order chi connectivity index (χ0) is 17.9. The maximum absolute atomic E-state index is 9.11. The fourth-order valence-electron chi connectivity index (χ4n) is 3.35. The Morgan fingerprint density at radius 2 is 1.65 bits per heavy atom. The molecule has 6 heteroatoms. The average molecular weight is 369 g/mol. The Morgan fingerprint density at radius 1 is 0.923 bits per heavy atom. The summed E-state index contributed by atoms with van der Waals surface area (Å²) in [5, 5.41) is 10.9. The maximum Gasteiger partial charge on any atom is 0.226 e. The van der Waals surface area contributed by atoms with E-state index in [1.54, 1.807) is 0 Å². The van der Waals surface area contributed by atoms with Crippen molar-refractivity contribution in [1.29, 1.82) is 0 Å². The number of aliphatic hydroxyl groups is 1. The van der Waals surface area contributed by atoms with E-state index in [4.69, 9.17) is 26.7 Å². The number of aromatic nitrogens is 2. The minimum atomic E-state index is 0.202. The molecule has 1 N–H and O–H groups in total. The first-order valence-corrected chi connectivity index (χ1v) is 9.23. The summed E-state index contributed by atoms with van der Waals surface area (Å²) < 4.78 is 0. The van der Waals surface area contributed by atoms with Gasteiger partial charge in [0.25, 0.3) is 0 Å². The van der Waals surface area contributed by atoms with Gasteiger partial charge in [-0.05, 0) is 18.2 Å². The minimum absolute atomic E-state index is 0.202. The summed E-state index contributed by atoms with van der Waals surface area (Å²) in [6.45, 7) is 4.46. The molecule has 3 aromatic rings.